The molecule has 110 valence electrons. The number of carboxylic acids is 3. The second-order valence-electron chi connectivity index (χ2n) is 4.50. The van der Waals surface area contributed by atoms with Gasteiger partial charge in [0.1, 0.15) is 0 Å². The van der Waals surface area contributed by atoms with Gasteiger partial charge in [-0.3, -0.25) is 14.4 Å². The Balaban J connectivity index is 5.51. The lowest BCUT2D eigenvalue weighted by molar-refractivity contribution is -0.146. The number of hydrogen-bond donors (Lipinski definition) is 6. The molecule has 8 N–H and O–H groups in total. The average Bonchev–Trinajstić information content (AvgIpc) is 2.12. The molecule has 0 radical (unpaired) electrons. The summed E-state index contributed by atoms with van der Waals surface area (Å²) in [5, 5.41) is 35.3. The van der Waals surface area contributed by atoms with E-state index >= 15 is 0 Å². The van der Waals surface area contributed by atoms with E-state index < -0.39 is 54.9 Å². The van der Waals surface area contributed by atoms with Crippen LogP contribution in [0.4, 0.5) is 0 Å². The zero-order valence-electron chi connectivity index (χ0n) is 10.2. The van der Waals surface area contributed by atoms with Gasteiger partial charge in [0.25, 0.3) is 0 Å². The van der Waals surface area contributed by atoms with Crippen LogP contribution in [-0.4, -0.2) is 56.0 Å². The van der Waals surface area contributed by atoms with Crippen LogP contribution in [0.5, 0.6) is 0 Å². The van der Waals surface area contributed by atoms with Crippen molar-refractivity contribution in [1.82, 2.24) is 0 Å². The molecule has 0 bridgehead atoms. The molecule has 0 aliphatic heterocycles. The minimum atomic E-state index is -1.98. The van der Waals surface area contributed by atoms with Crippen LogP contribution < -0.4 is 11.5 Å². The summed E-state index contributed by atoms with van der Waals surface area (Å²) < 4.78 is 0. The Morgan fingerprint density at radius 3 is 1.37 bits per heavy atom. The monoisotopic (exact) mass is 278 g/mol. The van der Waals surface area contributed by atoms with Crippen LogP contribution in [0, 0.1) is 0 Å². The van der Waals surface area contributed by atoms with Gasteiger partial charge in [0.2, 0.25) is 0 Å². The number of hydrogen-bond acceptors (Lipinski definition) is 6. The lowest BCUT2D eigenvalue weighted by Crippen LogP contribution is -2.68. The highest BCUT2D eigenvalue weighted by molar-refractivity contribution is 5.75. The summed E-state index contributed by atoms with van der Waals surface area (Å²) in [7, 11) is 0. The summed E-state index contributed by atoms with van der Waals surface area (Å²) in [4.78, 5) is 32.4. The first-order chi connectivity index (χ1) is 8.56. The molecule has 0 spiro atoms. The fourth-order valence-electron chi connectivity index (χ4n) is 1.94. The Bertz CT molecular complexity index is 355. The maximum absolute atomic E-state index is 10.8. The van der Waals surface area contributed by atoms with E-state index in [1.807, 2.05) is 0 Å². The molecule has 1 unspecified atom stereocenters. The van der Waals surface area contributed by atoms with Gasteiger partial charge in [-0.1, -0.05) is 0 Å². The molecule has 1 atom stereocenters. The van der Waals surface area contributed by atoms with Crippen molar-refractivity contribution in [2.75, 3.05) is 6.61 Å². The Hall–Kier alpha value is -1.71. The van der Waals surface area contributed by atoms with E-state index in [1.165, 1.54) is 0 Å². The maximum Gasteiger partial charge on any atom is 0.305 e. The minimum Gasteiger partial charge on any atom is -0.481 e. The van der Waals surface area contributed by atoms with Crippen molar-refractivity contribution in [2.24, 2.45) is 11.5 Å². The predicted molar refractivity (Wildman–Crippen MR) is 62.3 cm³/mol. The second kappa shape index (κ2) is 6.45. The molecular weight excluding hydrogens is 260 g/mol. The van der Waals surface area contributed by atoms with Crippen molar-refractivity contribution in [3.63, 3.8) is 0 Å². The summed E-state index contributed by atoms with van der Waals surface area (Å²) in [6.07, 6.45) is -2.70. The topological polar surface area (TPSA) is 184 Å². The van der Waals surface area contributed by atoms with E-state index in [2.05, 4.69) is 0 Å². The molecule has 0 saturated carbocycles. The summed E-state index contributed by atoms with van der Waals surface area (Å²) >= 11 is 0. The van der Waals surface area contributed by atoms with Gasteiger partial charge in [0.15, 0.2) is 0 Å². The van der Waals surface area contributed by atoms with Crippen molar-refractivity contribution in [3.05, 3.63) is 0 Å². The molecule has 9 nitrogen and oxygen atoms in total. The van der Waals surface area contributed by atoms with Crippen molar-refractivity contribution in [2.45, 2.75) is 36.8 Å². The molecule has 0 aromatic carbocycles. The highest BCUT2D eigenvalue weighted by Crippen LogP contribution is 2.31. The van der Waals surface area contributed by atoms with Crippen LogP contribution >= 0.6 is 0 Å². The van der Waals surface area contributed by atoms with Crippen molar-refractivity contribution < 1.29 is 34.8 Å². The highest BCUT2D eigenvalue weighted by atomic mass is 16.4. The molecular formula is C10H18N2O7. The first-order valence-electron chi connectivity index (χ1n) is 5.40. The fraction of sp³-hybridized carbons (Fsp3) is 0.700. The SMILES string of the molecule is NC(CCO)(CC(=O)O)C(N)(CC(=O)O)CC(=O)O. The molecule has 9 heteroatoms. The number of rotatable bonds is 9. The van der Waals surface area contributed by atoms with E-state index in [0.717, 1.165) is 0 Å². The molecule has 0 saturated heterocycles. The third-order valence-corrected chi connectivity index (χ3v) is 2.95. The number of aliphatic carboxylic acids is 3. The molecule has 0 aliphatic carbocycles. The minimum absolute atomic E-state index is 0.323. The summed E-state index contributed by atoms with van der Waals surface area (Å²) in [6, 6.07) is 0. The number of nitrogens with two attached hydrogens (primary N) is 2. The largest absolute Gasteiger partial charge is 0.481 e. The standard InChI is InChI=1S/C10H18N2O7/c11-9(1-2-13,3-6(14)15)10(12,4-7(16)17)5-8(18)19/h13H,1-5,11-12H2,(H,14,15)(H,16,17)(H,18,19). The van der Waals surface area contributed by atoms with Crippen molar-refractivity contribution >= 4 is 17.9 Å². The Morgan fingerprint density at radius 1 is 0.789 bits per heavy atom. The third-order valence-electron chi connectivity index (χ3n) is 2.95. The van der Waals surface area contributed by atoms with Crippen LogP contribution in [0.3, 0.4) is 0 Å². The van der Waals surface area contributed by atoms with E-state index in [1.54, 1.807) is 0 Å². The molecule has 0 aromatic heterocycles. The smallest absolute Gasteiger partial charge is 0.305 e. The summed E-state index contributed by atoms with van der Waals surface area (Å²) in [5.74, 6) is -4.16. The first kappa shape index (κ1) is 17.3. The zero-order chi connectivity index (χ0) is 15.3. The van der Waals surface area contributed by atoms with Crippen molar-refractivity contribution in [1.29, 1.82) is 0 Å². The third kappa shape index (κ3) is 4.81. The van der Waals surface area contributed by atoms with Crippen LogP contribution in [-0.2, 0) is 14.4 Å². The highest BCUT2D eigenvalue weighted by Gasteiger charge is 2.49. The van der Waals surface area contributed by atoms with Crippen LogP contribution in [0.2, 0.25) is 0 Å². The van der Waals surface area contributed by atoms with E-state index in [4.69, 9.17) is 31.9 Å². The van der Waals surface area contributed by atoms with Gasteiger partial charge in [-0.15, -0.1) is 0 Å². The molecule has 0 aromatic rings. The molecule has 0 fully saturated rings. The average molecular weight is 278 g/mol. The Morgan fingerprint density at radius 2 is 1.11 bits per heavy atom. The molecule has 0 amide bonds. The van der Waals surface area contributed by atoms with Gasteiger partial charge < -0.3 is 31.9 Å². The van der Waals surface area contributed by atoms with Gasteiger partial charge in [0.05, 0.1) is 24.8 Å². The van der Waals surface area contributed by atoms with Crippen LogP contribution in [0.1, 0.15) is 25.7 Å². The predicted octanol–water partition coefficient (Wildman–Crippen LogP) is -1.81. The summed E-state index contributed by atoms with van der Waals surface area (Å²) in [5.41, 5.74) is 7.72. The quantitative estimate of drug-likeness (QED) is 0.282. The fourth-order valence-corrected chi connectivity index (χ4v) is 1.94. The second-order valence-corrected chi connectivity index (χ2v) is 4.50. The van der Waals surface area contributed by atoms with Gasteiger partial charge in [-0.25, -0.2) is 0 Å². The Labute approximate surface area is 108 Å². The van der Waals surface area contributed by atoms with Crippen LogP contribution in [0.15, 0.2) is 0 Å². The molecule has 0 rings (SSSR count). The molecule has 0 aliphatic rings. The van der Waals surface area contributed by atoms with E-state index in [0.29, 0.717) is 0 Å². The number of aliphatic hydroxyl groups excluding tert-OH is 1. The van der Waals surface area contributed by atoms with Crippen molar-refractivity contribution in [3.8, 4) is 0 Å². The number of carbonyl (C=O) groups is 3. The van der Waals surface area contributed by atoms with Gasteiger partial charge in [0, 0.05) is 12.1 Å². The number of carboxylic acid groups (broad SMARTS) is 3. The van der Waals surface area contributed by atoms with E-state index in [9.17, 15) is 14.4 Å². The van der Waals surface area contributed by atoms with E-state index in [-0.39, 0.29) is 6.42 Å². The van der Waals surface area contributed by atoms with Gasteiger partial charge in [-0.2, -0.15) is 0 Å². The number of aliphatic hydroxyl groups is 1. The zero-order valence-corrected chi connectivity index (χ0v) is 10.2. The van der Waals surface area contributed by atoms with Gasteiger partial charge in [-0.05, 0) is 6.42 Å². The normalized spacial score (nSPS) is 14.7. The lowest BCUT2D eigenvalue weighted by atomic mass is 9.69. The lowest BCUT2D eigenvalue weighted by Gasteiger charge is -2.43. The van der Waals surface area contributed by atoms with Gasteiger partial charge >= 0.3 is 17.9 Å². The first-order valence-corrected chi connectivity index (χ1v) is 5.40. The Kier molecular flexibility index (Phi) is 5.87. The molecule has 19 heavy (non-hydrogen) atoms. The van der Waals surface area contributed by atoms with Crippen LogP contribution in [0.25, 0.3) is 0 Å². The summed E-state index contributed by atoms with van der Waals surface area (Å²) in [6.45, 7) is -0.540. The maximum atomic E-state index is 10.8. The molecule has 0 heterocycles.